The number of rotatable bonds is 3. The molecule has 1 saturated heterocycles. The van der Waals surface area contributed by atoms with Crippen molar-refractivity contribution in [1.82, 2.24) is 10.2 Å². The second-order valence-corrected chi connectivity index (χ2v) is 7.24. The van der Waals surface area contributed by atoms with Gasteiger partial charge in [0, 0.05) is 30.7 Å². The molecule has 1 atom stereocenters. The van der Waals surface area contributed by atoms with Crippen LogP contribution in [-0.2, 0) is 0 Å². The Morgan fingerprint density at radius 2 is 1.79 bits per heavy atom. The average molecular weight is 264 g/mol. The van der Waals surface area contributed by atoms with Crippen LogP contribution in [0.4, 0.5) is 0 Å². The van der Waals surface area contributed by atoms with E-state index in [9.17, 15) is 0 Å². The van der Waals surface area contributed by atoms with Crippen LogP contribution in [0.1, 0.15) is 77.6 Å². The van der Waals surface area contributed by atoms with Crippen LogP contribution in [0.25, 0.3) is 0 Å². The molecule has 3 fully saturated rings. The molecule has 0 aromatic heterocycles. The number of piperazine rings is 1. The second kappa shape index (κ2) is 6.13. The van der Waals surface area contributed by atoms with E-state index in [0.29, 0.717) is 5.54 Å². The number of nitrogens with zero attached hydrogens (tertiary/aromatic N) is 1. The van der Waals surface area contributed by atoms with Gasteiger partial charge in [-0.2, -0.15) is 0 Å². The van der Waals surface area contributed by atoms with Crippen LogP contribution in [0.2, 0.25) is 0 Å². The van der Waals surface area contributed by atoms with Gasteiger partial charge in [0.1, 0.15) is 0 Å². The van der Waals surface area contributed by atoms with E-state index in [-0.39, 0.29) is 0 Å². The van der Waals surface area contributed by atoms with Gasteiger partial charge in [0.25, 0.3) is 0 Å². The fourth-order valence-corrected chi connectivity index (χ4v) is 4.90. The van der Waals surface area contributed by atoms with Crippen molar-refractivity contribution in [3.8, 4) is 0 Å². The van der Waals surface area contributed by atoms with Crippen molar-refractivity contribution in [3.05, 3.63) is 0 Å². The SMILES string of the molecule is CCCC1CN(C2CCCC2)C2(CCCCC2)CN1. The first kappa shape index (κ1) is 13.9. The minimum atomic E-state index is 0.539. The fourth-order valence-electron chi connectivity index (χ4n) is 4.90. The van der Waals surface area contributed by atoms with E-state index in [1.54, 1.807) is 0 Å². The van der Waals surface area contributed by atoms with E-state index < -0.39 is 0 Å². The molecule has 1 unspecified atom stereocenters. The molecule has 0 bridgehead atoms. The molecular formula is C17H32N2. The summed E-state index contributed by atoms with van der Waals surface area (Å²) in [5.74, 6) is 0. The van der Waals surface area contributed by atoms with Gasteiger partial charge in [-0.15, -0.1) is 0 Å². The smallest absolute Gasteiger partial charge is 0.0337 e. The zero-order chi connectivity index (χ0) is 13.1. The molecule has 2 nitrogen and oxygen atoms in total. The molecule has 1 heterocycles. The maximum Gasteiger partial charge on any atom is 0.0337 e. The van der Waals surface area contributed by atoms with Crippen LogP contribution < -0.4 is 5.32 Å². The van der Waals surface area contributed by atoms with Gasteiger partial charge in [-0.1, -0.05) is 45.4 Å². The van der Waals surface area contributed by atoms with Crippen molar-refractivity contribution in [2.75, 3.05) is 13.1 Å². The van der Waals surface area contributed by atoms with Gasteiger partial charge in [-0.05, 0) is 32.1 Å². The molecule has 0 aromatic carbocycles. The van der Waals surface area contributed by atoms with E-state index in [2.05, 4.69) is 17.1 Å². The summed E-state index contributed by atoms with van der Waals surface area (Å²) in [6.07, 6.45) is 15.9. The van der Waals surface area contributed by atoms with Gasteiger partial charge in [0.05, 0.1) is 0 Å². The highest BCUT2D eigenvalue weighted by atomic mass is 15.3. The maximum absolute atomic E-state index is 3.89. The first-order valence-electron chi connectivity index (χ1n) is 8.84. The van der Waals surface area contributed by atoms with Crippen LogP contribution in [0.15, 0.2) is 0 Å². The third kappa shape index (κ3) is 2.85. The van der Waals surface area contributed by atoms with Crippen molar-refractivity contribution in [3.63, 3.8) is 0 Å². The molecule has 1 spiro atoms. The number of hydrogen-bond acceptors (Lipinski definition) is 2. The minimum Gasteiger partial charge on any atom is -0.311 e. The third-order valence-electron chi connectivity index (χ3n) is 5.93. The van der Waals surface area contributed by atoms with Gasteiger partial charge in [-0.3, -0.25) is 4.90 Å². The van der Waals surface area contributed by atoms with E-state index in [1.165, 1.54) is 83.7 Å². The zero-order valence-corrected chi connectivity index (χ0v) is 12.8. The minimum absolute atomic E-state index is 0.539. The zero-order valence-electron chi connectivity index (χ0n) is 12.8. The lowest BCUT2D eigenvalue weighted by molar-refractivity contribution is -0.0223. The third-order valence-corrected chi connectivity index (χ3v) is 5.93. The van der Waals surface area contributed by atoms with Crippen molar-refractivity contribution < 1.29 is 0 Å². The van der Waals surface area contributed by atoms with Crippen LogP contribution in [-0.4, -0.2) is 35.6 Å². The Morgan fingerprint density at radius 1 is 1.05 bits per heavy atom. The lowest BCUT2D eigenvalue weighted by atomic mass is 9.77. The Hall–Kier alpha value is -0.0800. The molecule has 3 aliphatic rings. The molecule has 1 N–H and O–H groups in total. The predicted octanol–water partition coefficient (Wildman–Crippen LogP) is 3.71. The summed E-state index contributed by atoms with van der Waals surface area (Å²) in [6.45, 7) is 4.93. The van der Waals surface area contributed by atoms with Gasteiger partial charge < -0.3 is 5.32 Å². The molecular weight excluding hydrogens is 232 g/mol. The monoisotopic (exact) mass is 264 g/mol. The first-order valence-corrected chi connectivity index (χ1v) is 8.84. The fraction of sp³-hybridized carbons (Fsp3) is 1.00. The quantitative estimate of drug-likeness (QED) is 0.836. The largest absolute Gasteiger partial charge is 0.311 e. The molecule has 0 aromatic rings. The first-order chi connectivity index (χ1) is 9.34. The Kier molecular flexibility index (Phi) is 4.48. The van der Waals surface area contributed by atoms with Crippen molar-refractivity contribution in [2.24, 2.45) is 0 Å². The van der Waals surface area contributed by atoms with E-state index in [4.69, 9.17) is 0 Å². The van der Waals surface area contributed by atoms with Gasteiger partial charge in [0.2, 0.25) is 0 Å². The summed E-state index contributed by atoms with van der Waals surface area (Å²) in [4.78, 5) is 3.00. The summed E-state index contributed by atoms with van der Waals surface area (Å²) >= 11 is 0. The molecule has 2 aliphatic carbocycles. The summed E-state index contributed by atoms with van der Waals surface area (Å²) in [5.41, 5.74) is 0.539. The van der Waals surface area contributed by atoms with Gasteiger partial charge in [0.15, 0.2) is 0 Å². The number of nitrogens with one attached hydrogen (secondary N) is 1. The Labute approximate surface area is 119 Å². The Bertz CT molecular complexity index is 277. The summed E-state index contributed by atoms with van der Waals surface area (Å²) < 4.78 is 0. The van der Waals surface area contributed by atoms with Gasteiger partial charge >= 0.3 is 0 Å². The lowest BCUT2D eigenvalue weighted by Crippen LogP contribution is -2.67. The number of hydrogen-bond donors (Lipinski definition) is 1. The second-order valence-electron chi connectivity index (χ2n) is 7.24. The van der Waals surface area contributed by atoms with E-state index in [1.807, 2.05) is 0 Å². The topological polar surface area (TPSA) is 15.3 Å². The summed E-state index contributed by atoms with van der Waals surface area (Å²) in [7, 11) is 0. The molecule has 0 radical (unpaired) electrons. The van der Waals surface area contributed by atoms with Crippen LogP contribution in [0, 0.1) is 0 Å². The van der Waals surface area contributed by atoms with Gasteiger partial charge in [-0.25, -0.2) is 0 Å². The van der Waals surface area contributed by atoms with Crippen LogP contribution in [0.3, 0.4) is 0 Å². The normalized spacial score (nSPS) is 33.0. The van der Waals surface area contributed by atoms with Crippen LogP contribution >= 0.6 is 0 Å². The Morgan fingerprint density at radius 3 is 2.47 bits per heavy atom. The average Bonchev–Trinajstić information content (AvgIpc) is 2.96. The summed E-state index contributed by atoms with van der Waals surface area (Å²) in [5, 5.41) is 3.89. The highest BCUT2D eigenvalue weighted by Crippen LogP contribution is 2.40. The molecule has 0 amide bonds. The Balaban J connectivity index is 1.73. The standard InChI is InChI=1S/C17H32N2/c1-2-8-15-13-19(16-9-4-5-10-16)17(14-18-15)11-6-3-7-12-17/h15-16,18H,2-14H2,1H3. The molecule has 2 saturated carbocycles. The van der Waals surface area contributed by atoms with Crippen molar-refractivity contribution >= 4 is 0 Å². The maximum atomic E-state index is 3.89. The predicted molar refractivity (Wildman–Crippen MR) is 81.5 cm³/mol. The molecule has 110 valence electrons. The highest BCUT2D eigenvalue weighted by Gasteiger charge is 2.45. The van der Waals surface area contributed by atoms with Crippen LogP contribution in [0.5, 0.6) is 0 Å². The van der Waals surface area contributed by atoms with E-state index >= 15 is 0 Å². The molecule has 3 rings (SSSR count). The molecule has 19 heavy (non-hydrogen) atoms. The molecule has 1 aliphatic heterocycles. The highest BCUT2D eigenvalue weighted by molar-refractivity contribution is 5.03. The van der Waals surface area contributed by atoms with Crippen molar-refractivity contribution in [1.29, 1.82) is 0 Å². The summed E-state index contributed by atoms with van der Waals surface area (Å²) in [6, 6.07) is 1.68. The lowest BCUT2D eigenvalue weighted by Gasteiger charge is -2.54. The van der Waals surface area contributed by atoms with Crippen molar-refractivity contribution in [2.45, 2.75) is 95.2 Å². The molecule has 2 heteroatoms. The van der Waals surface area contributed by atoms with E-state index in [0.717, 1.165) is 12.1 Å².